The van der Waals surface area contributed by atoms with E-state index in [-0.39, 0.29) is 6.10 Å². The van der Waals surface area contributed by atoms with Crippen LogP contribution in [0.15, 0.2) is 4.99 Å². The Labute approximate surface area is 147 Å². The van der Waals surface area contributed by atoms with Crippen LogP contribution in [-0.4, -0.2) is 72.3 Å². The molecule has 3 fully saturated rings. The minimum Gasteiger partial charge on any atom is -0.391 e. The molecular formula is C19H36N4O. The molecule has 3 rings (SSSR count). The number of guanidine groups is 1. The van der Waals surface area contributed by atoms with Gasteiger partial charge in [-0.2, -0.15) is 0 Å². The van der Waals surface area contributed by atoms with Crippen molar-refractivity contribution in [3.05, 3.63) is 0 Å². The molecular weight excluding hydrogens is 300 g/mol. The highest BCUT2D eigenvalue weighted by Gasteiger charge is 2.28. The van der Waals surface area contributed by atoms with Crippen molar-refractivity contribution < 1.29 is 5.11 Å². The summed E-state index contributed by atoms with van der Waals surface area (Å²) in [6, 6.07) is 0.619. The quantitative estimate of drug-likeness (QED) is 0.596. The van der Waals surface area contributed by atoms with Gasteiger partial charge in [0.2, 0.25) is 0 Å². The first-order chi connectivity index (χ1) is 11.8. The topological polar surface area (TPSA) is 51.1 Å². The summed E-state index contributed by atoms with van der Waals surface area (Å²) in [5.41, 5.74) is 0. The summed E-state index contributed by atoms with van der Waals surface area (Å²) in [6.45, 7) is 8.11. The first kappa shape index (κ1) is 18.0. The van der Waals surface area contributed by atoms with Gasteiger partial charge < -0.3 is 15.3 Å². The largest absolute Gasteiger partial charge is 0.391 e. The maximum atomic E-state index is 9.79. The van der Waals surface area contributed by atoms with Gasteiger partial charge >= 0.3 is 0 Å². The van der Waals surface area contributed by atoms with Crippen molar-refractivity contribution in [2.75, 3.05) is 39.3 Å². The lowest BCUT2D eigenvalue weighted by Gasteiger charge is -2.30. The van der Waals surface area contributed by atoms with Gasteiger partial charge in [-0.25, -0.2) is 0 Å². The molecule has 0 aromatic carbocycles. The number of aliphatic imine (C=N–C) groups is 1. The molecule has 0 amide bonds. The van der Waals surface area contributed by atoms with Crippen molar-refractivity contribution >= 4 is 5.96 Å². The van der Waals surface area contributed by atoms with Crippen LogP contribution < -0.4 is 5.32 Å². The second kappa shape index (κ2) is 9.04. The van der Waals surface area contributed by atoms with E-state index in [2.05, 4.69) is 22.0 Å². The lowest BCUT2D eigenvalue weighted by atomic mass is 9.89. The van der Waals surface area contributed by atoms with Crippen molar-refractivity contribution in [1.29, 1.82) is 0 Å². The number of aliphatic hydroxyl groups is 1. The first-order valence-electron chi connectivity index (χ1n) is 10.2. The summed E-state index contributed by atoms with van der Waals surface area (Å²) >= 11 is 0. The van der Waals surface area contributed by atoms with Gasteiger partial charge in [-0.3, -0.25) is 9.89 Å². The molecule has 24 heavy (non-hydrogen) atoms. The summed E-state index contributed by atoms with van der Waals surface area (Å²) < 4.78 is 0. The van der Waals surface area contributed by atoms with Gasteiger partial charge in [0.15, 0.2) is 5.96 Å². The SMILES string of the molecule is CCNC(=NCC1CCCN1CC1CCCCC1)N1CC[C@@H](O)C1. The molecule has 2 aliphatic heterocycles. The zero-order valence-electron chi connectivity index (χ0n) is 15.4. The van der Waals surface area contributed by atoms with Gasteiger partial charge in [-0.1, -0.05) is 19.3 Å². The molecule has 0 bridgehead atoms. The Kier molecular flexibility index (Phi) is 6.78. The maximum absolute atomic E-state index is 9.79. The number of β-amino-alcohol motifs (C(OH)–C–C–N with tert-alkyl or cyclic N) is 1. The van der Waals surface area contributed by atoms with Crippen LogP contribution in [0.4, 0.5) is 0 Å². The molecule has 0 aromatic heterocycles. The molecule has 0 radical (unpaired) electrons. The van der Waals surface area contributed by atoms with Crippen LogP contribution in [0.25, 0.3) is 0 Å². The monoisotopic (exact) mass is 336 g/mol. The molecule has 2 N–H and O–H groups in total. The van der Waals surface area contributed by atoms with Crippen molar-refractivity contribution in [3.8, 4) is 0 Å². The zero-order chi connectivity index (χ0) is 16.8. The van der Waals surface area contributed by atoms with Crippen molar-refractivity contribution in [2.24, 2.45) is 10.9 Å². The third-order valence-electron chi connectivity index (χ3n) is 5.97. The second-order valence-corrected chi connectivity index (χ2v) is 7.88. The second-order valence-electron chi connectivity index (χ2n) is 7.88. The third kappa shape index (κ3) is 4.85. The van der Waals surface area contributed by atoms with Crippen LogP contribution in [0.3, 0.4) is 0 Å². The first-order valence-corrected chi connectivity index (χ1v) is 10.2. The minimum absolute atomic E-state index is 0.192. The summed E-state index contributed by atoms with van der Waals surface area (Å²) in [4.78, 5) is 9.86. The van der Waals surface area contributed by atoms with Gasteiger partial charge in [-0.05, 0) is 51.5 Å². The molecule has 2 atom stereocenters. The average molecular weight is 337 g/mol. The Morgan fingerprint density at radius 1 is 1.08 bits per heavy atom. The predicted octanol–water partition coefficient (Wildman–Crippen LogP) is 2.06. The van der Waals surface area contributed by atoms with Gasteiger partial charge in [0.05, 0.1) is 12.6 Å². The lowest BCUT2D eigenvalue weighted by molar-refractivity contribution is 0.186. The molecule has 3 aliphatic rings. The number of hydrogen-bond donors (Lipinski definition) is 2. The summed E-state index contributed by atoms with van der Waals surface area (Å²) in [7, 11) is 0. The third-order valence-corrected chi connectivity index (χ3v) is 5.97. The molecule has 1 saturated carbocycles. The Balaban J connectivity index is 1.53. The van der Waals surface area contributed by atoms with Crippen molar-refractivity contribution in [3.63, 3.8) is 0 Å². The smallest absolute Gasteiger partial charge is 0.194 e. The van der Waals surface area contributed by atoms with E-state index in [1.54, 1.807) is 0 Å². The van der Waals surface area contributed by atoms with Crippen LogP contribution in [0.2, 0.25) is 0 Å². The summed E-state index contributed by atoms with van der Waals surface area (Å²) in [5, 5.41) is 13.2. The van der Waals surface area contributed by atoms with Gasteiger partial charge in [0.1, 0.15) is 0 Å². The van der Waals surface area contributed by atoms with E-state index < -0.39 is 0 Å². The molecule has 1 unspecified atom stereocenters. The Morgan fingerprint density at radius 3 is 2.62 bits per heavy atom. The zero-order valence-corrected chi connectivity index (χ0v) is 15.4. The Morgan fingerprint density at radius 2 is 1.92 bits per heavy atom. The molecule has 0 spiro atoms. The van der Waals surface area contributed by atoms with E-state index in [0.29, 0.717) is 6.04 Å². The molecule has 2 saturated heterocycles. The van der Waals surface area contributed by atoms with Gasteiger partial charge in [0.25, 0.3) is 0 Å². The number of nitrogens with zero attached hydrogens (tertiary/aromatic N) is 3. The number of aliphatic hydroxyl groups excluding tert-OH is 1. The van der Waals surface area contributed by atoms with E-state index in [9.17, 15) is 5.11 Å². The van der Waals surface area contributed by atoms with Crippen LogP contribution >= 0.6 is 0 Å². The Bertz CT molecular complexity index is 408. The van der Waals surface area contributed by atoms with E-state index in [1.165, 1.54) is 58.0 Å². The van der Waals surface area contributed by atoms with Crippen molar-refractivity contribution in [2.45, 2.75) is 70.4 Å². The normalized spacial score (nSPS) is 30.2. The van der Waals surface area contributed by atoms with Crippen LogP contribution in [0, 0.1) is 5.92 Å². The highest BCUT2D eigenvalue weighted by Crippen LogP contribution is 2.27. The van der Waals surface area contributed by atoms with Gasteiger partial charge in [0, 0.05) is 32.2 Å². The fourth-order valence-electron chi connectivity index (χ4n) is 4.60. The number of nitrogens with one attached hydrogen (secondary N) is 1. The number of hydrogen-bond acceptors (Lipinski definition) is 3. The van der Waals surface area contributed by atoms with E-state index >= 15 is 0 Å². The predicted molar refractivity (Wildman–Crippen MR) is 99.3 cm³/mol. The summed E-state index contributed by atoms with van der Waals surface area (Å²) in [5.74, 6) is 1.92. The maximum Gasteiger partial charge on any atom is 0.194 e. The van der Waals surface area contributed by atoms with Gasteiger partial charge in [-0.15, -0.1) is 0 Å². The molecule has 1 aliphatic carbocycles. The van der Waals surface area contributed by atoms with E-state index in [4.69, 9.17) is 4.99 Å². The highest BCUT2D eigenvalue weighted by molar-refractivity contribution is 5.80. The number of rotatable bonds is 5. The fourth-order valence-corrected chi connectivity index (χ4v) is 4.60. The minimum atomic E-state index is -0.192. The standard InChI is InChI=1S/C19H36N4O/c1-2-20-19(23-12-10-18(24)15-23)21-13-17-9-6-11-22(17)14-16-7-4-3-5-8-16/h16-18,24H,2-15H2,1H3,(H,20,21)/t17?,18-/m1/s1. The Hall–Kier alpha value is -0.810. The average Bonchev–Trinajstić information content (AvgIpc) is 3.21. The molecule has 2 heterocycles. The van der Waals surface area contributed by atoms with Crippen LogP contribution in [0.5, 0.6) is 0 Å². The highest BCUT2D eigenvalue weighted by atomic mass is 16.3. The molecule has 0 aromatic rings. The summed E-state index contributed by atoms with van der Waals surface area (Å²) in [6.07, 6.45) is 10.5. The lowest BCUT2D eigenvalue weighted by Crippen LogP contribution is -2.42. The molecule has 5 nitrogen and oxygen atoms in total. The fraction of sp³-hybridized carbons (Fsp3) is 0.947. The number of likely N-dealkylation sites (tertiary alicyclic amines) is 2. The molecule has 138 valence electrons. The molecule has 5 heteroatoms. The van der Waals surface area contributed by atoms with Crippen LogP contribution in [0.1, 0.15) is 58.3 Å². The van der Waals surface area contributed by atoms with E-state index in [1.807, 2.05) is 0 Å². The van der Waals surface area contributed by atoms with E-state index in [0.717, 1.165) is 44.5 Å². The van der Waals surface area contributed by atoms with Crippen LogP contribution in [-0.2, 0) is 0 Å². The van der Waals surface area contributed by atoms with Crippen molar-refractivity contribution in [1.82, 2.24) is 15.1 Å².